The first kappa shape index (κ1) is 13.4. The SMILES string of the molecule is CC(C)NC(=O)N1CC2C(c3ccccc3)C(C1)N2C. The fraction of sp³-hybridized carbons (Fsp3) is 0.562. The molecule has 3 aliphatic heterocycles. The van der Waals surface area contributed by atoms with Gasteiger partial charge < -0.3 is 10.2 Å². The number of rotatable bonds is 2. The molecule has 2 bridgehead atoms. The van der Waals surface area contributed by atoms with E-state index >= 15 is 0 Å². The van der Waals surface area contributed by atoms with Crippen molar-refractivity contribution in [2.75, 3.05) is 20.1 Å². The fourth-order valence-corrected chi connectivity index (χ4v) is 3.54. The highest BCUT2D eigenvalue weighted by Gasteiger charge is 2.52. The zero-order chi connectivity index (χ0) is 14.3. The molecule has 3 fully saturated rings. The number of hydrogen-bond acceptors (Lipinski definition) is 2. The fourth-order valence-electron chi connectivity index (χ4n) is 3.54. The molecule has 4 nitrogen and oxygen atoms in total. The first-order valence-electron chi connectivity index (χ1n) is 7.40. The quantitative estimate of drug-likeness (QED) is 0.893. The molecule has 1 aromatic rings. The topological polar surface area (TPSA) is 35.6 Å². The molecule has 0 aliphatic carbocycles. The molecule has 4 rings (SSSR count). The van der Waals surface area contributed by atoms with E-state index in [9.17, 15) is 4.79 Å². The van der Waals surface area contributed by atoms with Gasteiger partial charge in [0.1, 0.15) is 0 Å². The van der Waals surface area contributed by atoms with Crippen LogP contribution in [-0.2, 0) is 0 Å². The number of urea groups is 1. The third-order valence-electron chi connectivity index (χ3n) is 4.57. The summed E-state index contributed by atoms with van der Waals surface area (Å²) in [5.74, 6) is 0.573. The molecule has 2 atom stereocenters. The lowest BCUT2D eigenvalue weighted by Gasteiger charge is -2.60. The molecular weight excluding hydrogens is 250 g/mol. The van der Waals surface area contributed by atoms with E-state index in [-0.39, 0.29) is 12.1 Å². The van der Waals surface area contributed by atoms with Crippen LogP contribution >= 0.6 is 0 Å². The van der Waals surface area contributed by atoms with Gasteiger partial charge in [-0.05, 0) is 26.5 Å². The molecule has 1 aromatic carbocycles. The van der Waals surface area contributed by atoms with Crippen LogP contribution in [0.4, 0.5) is 4.79 Å². The first-order chi connectivity index (χ1) is 9.58. The van der Waals surface area contributed by atoms with Crippen LogP contribution in [0.15, 0.2) is 30.3 Å². The van der Waals surface area contributed by atoms with E-state index < -0.39 is 0 Å². The molecule has 0 saturated carbocycles. The number of amides is 2. The van der Waals surface area contributed by atoms with E-state index in [2.05, 4.69) is 47.6 Å². The number of carbonyl (C=O) groups is 1. The molecule has 0 spiro atoms. The van der Waals surface area contributed by atoms with E-state index in [0.29, 0.717) is 18.0 Å². The number of nitrogens with one attached hydrogen (secondary N) is 1. The number of hydrogen-bond donors (Lipinski definition) is 1. The number of likely N-dealkylation sites (N-methyl/N-ethyl adjacent to an activating group) is 1. The summed E-state index contributed by atoms with van der Waals surface area (Å²) in [4.78, 5) is 16.5. The molecule has 2 unspecified atom stereocenters. The van der Waals surface area contributed by atoms with Crippen LogP contribution in [0.1, 0.15) is 25.3 Å². The summed E-state index contributed by atoms with van der Waals surface area (Å²) in [6, 6.07) is 11.9. The Balaban J connectivity index is 1.70. The second-order valence-electron chi connectivity index (χ2n) is 6.25. The van der Waals surface area contributed by atoms with E-state index in [0.717, 1.165) is 13.1 Å². The van der Waals surface area contributed by atoms with Gasteiger partial charge >= 0.3 is 6.03 Å². The Morgan fingerprint density at radius 1 is 1.20 bits per heavy atom. The summed E-state index contributed by atoms with van der Waals surface area (Å²) < 4.78 is 0. The molecule has 108 valence electrons. The van der Waals surface area contributed by atoms with Gasteiger partial charge in [0, 0.05) is 37.1 Å². The molecule has 3 saturated heterocycles. The summed E-state index contributed by atoms with van der Waals surface area (Å²) in [6.45, 7) is 5.65. The van der Waals surface area contributed by atoms with Crippen LogP contribution in [0.3, 0.4) is 0 Å². The molecule has 0 aromatic heterocycles. The monoisotopic (exact) mass is 273 g/mol. The molecule has 2 amide bonds. The van der Waals surface area contributed by atoms with Crippen LogP contribution in [0.5, 0.6) is 0 Å². The number of piperidine rings is 1. The molecule has 20 heavy (non-hydrogen) atoms. The van der Waals surface area contributed by atoms with Gasteiger partial charge in [0.2, 0.25) is 0 Å². The van der Waals surface area contributed by atoms with E-state index in [1.807, 2.05) is 18.7 Å². The Bertz CT molecular complexity index is 474. The van der Waals surface area contributed by atoms with Gasteiger partial charge in [0.15, 0.2) is 0 Å². The second-order valence-corrected chi connectivity index (χ2v) is 6.25. The molecule has 1 N–H and O–H groups in total. The lowest BCUT2D eigenvalue weighted by molar-refractivity contribution is -0.0598. The maximum atomic E-state index is 12.1. The summed E-state index contributed by atoms with van der Waals surface area (Å²) in [5, 5.41) is 2.99. The van der Waals surface area contributed by atoms with Crippen LogP contribution in [0.2, 0.25) is 0 Å². The number of nitrogens with zero attached hydrogens (tertiary/aromatic N) is 2. The van der Waals surface area contributed by atoms with Crippen molar-refractivity contribution in [3.8, 4) is 0 Å². The van der Waals surface area contributed by atoms with Crippen LogP contribution in [-0.4, -0.2) is 54.1 Å². The number of fused-ring (bicyclic) bond motifs is 2. The number of carbonyl (C=O) groups excluding carboxylic acids is 1. The lowest BCUT2D eigenvalue weighted by atomic mass is 9.72. The Kier molecular flexibility index (Phi) is 3.42. The number of benzene rings is 1. The highest BCUT2D eigenvalue weighted by atomic mass is 16.2. The standard InChI is InChI=1S/C16H23N3O/c1-11(2)17-16(20)19-9-13-15(14(10-19)18(13)3)12-7-5-4-6-8-12/h4-8,11,13-15H,9-10H2,1-3H3,(H,17,20). The van der Waals surface area contributed by atoms with E-state index in [4.69, 9.17) is 0 Å². The Morgan fingerprint density at radius 2 is 1.80 bits per heavy atom. The minimum Gasteiger partial charge on any atom is -0.336 e. The van der Waals surface area contributed by atoms with Crippen molar-refractivity contribution in [3.63, 3.8) is 0 Å². The number of piperazine rings is 1. The van der Waals surface area contributed by atoms with Gasteiger partial charge in [0.05, 0.1) is 0 Å². The first-order valence-corrected chi connectivity index (χ1v) is 7.40. The average molecular weight is 273 g/mol. The highest BCUT2D eigenvalue weighted by molar-refractivity contribution is 5.75. The molecule has 4 heteroatoms. The Morgan fingerprint density at radius 3 is 2.35 bits per heavy atom. The normalized spacial score (nSPS) is 29.2. The van der Waals surface area contributed by atoms with Gasteiger partial charge in [-0.15, -0.1) is 0 Å². The van der Waals surface area contributed by atoms with E-state index in [1.165, 1.54) is 5.56 Å². The minimum atomic E-state index is 0.0783. The van der Waals surface area contributed by atoms with Crippen LogP contribution in [0, 0.1) is 0 Å². The van der Waals surface area contributed by atoms with Gasteiger partial charge in [0.25, 0.3) is 0 Å². The summed E-state index contributed by atoms with van der Waals surface area (Å²) in [7, 11) is 2.17. The van der Waals surface area contributed by atoms with Crippen LogP contribution < -0.4 is 5.32 Å². The van der Waals surface area contributed by atoms with Gasteiger partial charge in [-0.3, -0.25) is 4.90 Å². The highest BCUT2D eigenvalue weighted by Crippen LogP contribution is 2.43. The van der Waals surface area contributed by atoms with Crippen molar-refractivity contribution in [2.24, 2.45) is 0 Å². The van der Waals surface area contributed by atoms with Crippen molar-refractivity contribution in [1.82, 2.24) is 15.1 Å². The van der Waals surface area contributed by atoms with Crippen molar-refractivity contribution in [3.05, 3.63) is 35.9 Å². The minimum absolute atomic E-state index is 0.0783. The third kappa shape index (κ3) is 2.18. The zero-order valence-corrected chi connectivity index (χ0v) is 12.4. The summed E-state index contributed by atoms with van der Waals surface area (Å²) in [6.07, 6.45) is 0. The smallest absolute Gasteiger partial charge is 0.317 e. The predicted octanol–water partition coefficient (Wildman–Crippen LogP) is 1.89. The Hall–Kier alpha value is -1.55. The lowest BCUT2D eigenvalue weighted by Crippen LogP contribution is -2.73. The average Bonchev–Trinajstić information content (AvgIpc) is 2.46. The van der Waals surface area contributed by atoms with Crippen LogP contribution in [0.25, 0.3) is 0 Å². The van der Waals surface area contributed by atoms with E-state index in [1.54, 1.807) is 0 Å². The Labute approximate surface area is 120 Å². The van der Waals surface area contributed by atoms with Crippen molar-refractivity contribution in [1.29, 1.82) is 0 Å². The molecular formula is C16H23N3O. The van der Waals surface area contributed by atoms with Gasteiger partial charge in [-0.1, -0.05) is 30.3 Å². The van der Waals surface area contributed by atoms with Crippen molar-refractivity contribution >= 4 is 6.03 Å². The predicted molar refractivity (Wildman–Crippen MR) is 79.8 cm³/mol. The molecule has 3 heterocycles. The second kappa shape index (κ2) is 5.09. The molecule has 3 aliphatic rings. The van der Waals surface area contributed by atoms with Gasteiger partial charge in [-0.25, -0.2) is 4.79 Å². The van der Waals surface area contributed by atoms with Crippen molar-refractivity contribution in [2.45, 2.75) is 37.9 Å². The maximum absolute atomic E-state index is 12.1. The summed E-state index contributed by atoms with van der Waals surface area (Å²) in [5.41, 5.74) is 1.41. The summed E-state index contributed by atoms with van der Waals surface area (Å²) >= 11 is 0. The third-order valence-corrected chi connectivity index (χ3v) is 4.57. The zero-order valence-electron chi connectivity index (χ0n) is 12.4. The van der Waals surface area contributed by atoms with Crippen molar-refractivity contribution < 1.29 is 4.79 Å². The maximum Gasteiger partial charge on any atom is 0.317 e. The van der Waals surface area contributed by atoms with Gasteiger partial charge in [-0.2, -0.15) is 0 Å². The molecule has 0 radical (unpaired) electrons. The largest absolute Gasteiger partial charge is 0.336 e.